The summed E-state index contributed by atoms with van der Waals surface area (Å²) < 4.78 is 0. The maximum Gasteiger partial charge on any atom is 0.268 e. The minimum atomic E-state index is -0.255. The molecule has 0 unspecified atom stereocenters. The number of thiazole rings is 1. The fraction of sp³-hybridized carbons (Fsp3) is 0. The average molecular weight is 241 g/mol. The smallest absolute Gasteiger partial charge is 0.268 e. The van der Waals surface area contributed by atoms with Crippen molar-refractivity contribution in [2.45, 2.75) is 0 Å². The molecule has 0 saturated heterocycles. The number of nitrogens with one attached hydrogen (secondary N) is 1. The Balaban J connectivity index is 2.09. The van der Waals surface area contributed by atoms with E-state index >= 15 is 0 Å². The van der Waals surface area contributed by atoms with Gasteiger partial charge in [-0.1, -0.05) is 11.6 Å². The van der Waals surface area contributed by atoms with Crippen LogP contribution >= 0.6 is 22.9 Å². The number of hydrogen-bond donors (Lipinski definition) is 1. The van der Waals surface area contributed by atoms with Crippen LogP contribution in [-0.4, -0.2) is 20.9 Å². The Morgan fingerprint density at radius 3 is 2.80 bits per heavy atom. The molecule has 1 N–H and O–H groups in total. The summed E-state index contributed by atoms with van der Waals surface area (Å²) in [6, 6.07) is 0. The molecule has 2 aromatic heterocycles. The number of aromatic nitrogens is 3. The van der Waals surface area contributed by atoms with Crippen LogP contribution in [0.15, 0.2) is 24.1 Å². The molecule has 0 fully saturated rings. The van der Waals surface area contributed by atoms with Gasteiger partial charge in [0.15, 0.2) is 5.82 Å². The van der Waals surface area contributed by atoms with Crippen LogP contribution in [0, 0.1) is 0 Å². The highest BCUT2D eigenvalue weighted by Crippen LogP contribution is 2.10. The Morgan fingerprint density at radius 1 is 1.33 bits per heavy atom. The lowest BCUT2D eigenvalue weighted by atomic mass is 10.5. The normalized spacial score (nSPS) is 9.93. The van der Waals surface area contributed by atoms with E-state index in [1.54, 1.807) is 5.51 Å². The van der Waals surface area contributed by atoms with Crippen molar-refractivity contribution < 1.29 is 4.79 Å². The van der Waals surface area contributed by atoms with E-state index in [9.17, 15) is 4.79 Å². The van der Waals surface area contributed by atoms with Gasteiger partial charge < -0.3 is 5.32 Å². The Labute approximate surface area is 94.2 Å². The molecule has 0 atom stereocenters. The molecule has 2 rings (SSSR count). The average Bonchev–Trinajstić information content (AvgIpc) is 2.74. The maximum atomic E-state index is 11.5. The van der Waals surface area contributed by atoms with Gasteiger partial charge in [-0.3, -0.25) is 9.78 Å². The Bertz CT molecular complexity index is 456. The summed E-state index contributed by atoms with van der Waals surface area (Å²) in [4.78, 5) is 23.5. The third kappa shape index (κ3) is 2.48. The molecule has 0 aliphatic carbocycles. The highest BCUT2D eigenvalue weighted by Gasteiger charge is 2.07. The maximum absolute atomic E-state index is 11.5. The van der Waals surface area contributed by atoms with Crippen molar-refractivity contribution in [3.05, 3.63) is 34.1 Å². The number of rotatable bonds is 2. The first-order valence-electron chi connectivity index (χ1n) is 3.93. The van der Waals surface area contributed by atoms with Crippen molar-refractivity contribution in [3.8, 4) is 0 Å². The molecule has 7 heteroatoms. The molecule has 0 aliphatic rings. The summed E-state index contributed by atoms with van der Waals surface area (Å²) in [5.41, 5.74) is 1.59. The van der Waals surface area contributed by atoms with Gasteiger partial charge in [0.1, 0.15) is 10.0 Å². The molecule has 0 saturated carbocycles. The molecule has 0 aliphatic heterocycles. The van der Waals surface area contributed by atoms with E-state index in [1.165, 1.54) is 29.9 Å². The number of nitrogens with zero attached hydrogens (tertiary/aromatic N) is 3. The minimum Gasteiger partial charge on any atom is -0.305 e. The van der Waals surface area contributed by atoms with Gasteiger partial charge in [0, 0.05) is 0 Å². The van der Waals surface area contributed by atoms with Crippen molar-refractivity contribution in [2.75, 3.05) is 5.32 Å². The van der Waals surface area contributed by atoms with E-state index in [-0.39, 0.29) is 11.1 Å². The fourth-order valence-corrected chi connectivity index (χ4v) is 1.50. The molecular weight excluding hydrogens is 236 g/mol. The van der Waals surface area contributed by atoms with Crippen LogP contribution in [0.1, 0.15) is 9.67 Å². The molecule has 0 aromatic carbocycles. The first-order chi connectivity index (χ1) is 7.25. The molecule has 0 spiro atoms. The highest BCUT2D eigenvalue weighted by atomic mass is 35.5. The lowest BCUT2D eigenvalue weighted by Crippen LogP contribution is -2.11. The lowest BCUT2D eigenvalue weighted by Gasteiger charge is -2.00. The predicted molar refractivity (Wildman–Crippen MR) is 57.1 cm³/mol. The summed E-state index contributed by atoms with van der Waals surface area (Å²) in [5, 5.41) is 2.85. The van der Waals surface area contributed by atoms with Crippen LogP contribution in [0.4, 0.5) is 5.82 Å². The predicted octanol–water partition coefficient (Wildman–Crippen LogP) is 1.84. The highest BCUT2D eigenvalue weighted by molar-refractivity contribution is 7.11. The fourth-order valence-electron chi connectivity index (χ4n) is 0.883. The molecule has 15 heavy (non-hydrogen) atoms. The van der Waals surface area contributed by atoms with Gasteiger partial charge >= 0.3 is 0 Å². The Hall–Kier alpha value is -1.53. The first-order valence-corrected chi connectivity index (χ1v) is 5.19. The van der Waals surface area contributed by atoms with Gasteiger partial charge in [-0.05, 0) is 0 Å². The van der Waals surface area contributed by atoms with E-state index in [4.69, 9.17) is 11.6 Å². The number of carbonyl (C=O) groups is 1. The van der Waals surface area contributed by atoms with Crippen LogP contribution in [0.3, 0.4) is 0 Å². The van der Waals surface area contributed by atoms with Crippen molar-refractivity contribution in [2.24, 2.45) is 0 Å². The zero-order valence-electron chi connectivity index (χ0n) is 7.35. The molecule has 2 heterocycles. The van der Waals surface area contributed by atoms with Gasteiger partial charge in [0.25, 0.3) is 5.91 Å². The lowest BCUT2D eigenvalue weighted by molar-refractivity contribution is 0.103. The Kier molecular flexibility index (Phi) is 2.89. The van der Waals surface area contributed by atoms with Gasteiger partial charge in [-0.25, -0.2) is 9.97 Å². The van der Waals surface area contributed by atoms with E-state index in [1.807, 2.05) is 0 Å². The monoisotopic (exact) mass is 240 g/mol. The molecule has 5 nitrogen and oxygen atoms in total. The first kappa shape index (κ1) is 10.0. The second-order valence-electron chi connectivity index (χ2n) is 2.54. The van der Waals surface area contributed by atoms with Gasteiger partial charge in [0.2, 0.25) is 0 Å². The van der Waals surface area contributed by atoms with Crippen LogP contribution < -0.4 is 5.32 Å². The quantitative estimate of drug-likeness (QED) is 0.870. The zero-order valence-corrected chi connectivity index (χ0v) is 8.92. The van der Waals surface area contributed by atoms with Crippen LogP contribution in [0.2, 0.25) is 5.15 Å². The number of amides is 1. The second kappa shape index (κ2) is 4.33. The standard InChI is InChI=1S/C8H5ClN4OS/c9-6-2-12-7(3-11-6)13-8(14)5-1-10-4-15-5/h1-4H,(H,12,13,14). The van der Waals surface area contributed by atoms with Crippen LogP contribution in [-0.2, 0) is 0 Å². The van der Waals surface area contributed by atoms with Crippen molar-refractivity contribution in [1.29, 1.82) is 0 Å². The van der Waals surface area contributed by atoms with Gasteiger partial charge in [-0.2, -0.15) is 0 Å². The van der Waals surface area contributed by atoms with E-state index in [0.29, 0.717) is 10.7 Å². The number of carbonyl (C=O) groups excluding carboxylic acids is 1. The van der Waals surface area contributed by atoms with Crippen molar-refractivity contribution in [1.82, 2.24) is 15.0 Å². The largest absolute Gasteiger partial charge is 0.305 e. The van der Waals surface area contributed by atoms with E-state index in [0.717, 1.165) is 0 Å². The summed E-state index contributed by atoms with van der Waals surface area (Å²) in [6.07, 6.45) is 4.24. The summed E-state index contributed by atoms with van der Waals surface area (Å²) in [6.45, 7) is 0. The number of anilines is 1. The van der Waals surface area contributed by atoms with Gasteiger partial charge in [0.05, 0.1) is 24.1 Å². The third-order valence-corrected chi connectivity index (χ3v) is 2.49. The summed E-state index contributed by atoms with van der Waals surface area (Å²) in [7, 11) is 0. The van der Waals surface area contributed by atoms with E-state index in [2.05, 4.69) is 20.3 Å². The zero-order chi connectivity index (χ0) is 10.7. The third-order valence-electron chi connectivity index (χ3n) is 1.52. The molecule has 76 valence electrons. The SMILES string of the molecule is O=C(Nc1cnc(Cl)cn1)c1cncs1. The minimum absolute atomic E-state index is 0.255. The van der Waals surface area contributed by atoms with E-state index < -0.39 is 0 Å². The number of hydrogen-bond acceptors (Lipinski definition) is 5. The molecule has 1 amide bonds. The second-order valence-corrected chi connectivity index (χ2v) is 3.82. The molecule has 2 aromatic rings. The molecule has 0 bridgehead atoms. The molecular formula is C8H5ClN4OS. The Morgan fingerprint density at radius 2 is 2.20 bits per heavy atom. The van der Waals surface area contributed by atoms with Gasteiger partial charge in [-0.15, -0.1) is 11.3 Å². The van der Waals surface area contributed by atoms with Crippen LogP contribution in [0.5, 0.6) is 0 Å². The van der Waals surface area contributed by atoms with Crippen LogP contribution in [0.25, 0.3) is 0 Å². The van der Waals surface area contributed by atoms with Crippen molar-refractivity contribution in [3.63, 3.8) is 0 Å². The molecule has 0 radical (unpaired) electrons. The summed E-state index contributed by atoms with van der Waals surface area (Å²) >= 11 is 6.81. The topological polar surface area (TPSA) is 67.8 Å². The summed E-state index contributed by atoms with van der Waals surface area (Å²) in [5.74, 6) is 0.104. The van der Waals surface area contributed by atoms with Crippen molar-refractivity contribution >= 4 is 34.7 Å². The number of halogens is 1.